The van der Waals surface area contributed by atoms with Crippen LogP contribution in [0.1, 0.15) is 46.2 Å². The first-order valence-corrected chi connectivity index (χ1v) is 9.25. The van der Waals surface area contributed by atoms with E-state index < -0.39 is 5.41 Å². The fourth-order valence-corrected chi connectivity index (χ4v) is 5.57. The maximum atomic E-state index is 15.2. The third-order valence-electron chi connectivity index (χ3n) is 6.11. The van der Waals surface area contributed by atoms with Crippen molar-refractivity contribution in [1.82, 2.24) is 0 Å². The molecule has 0 radical (unpaired) electrons. The predicted molar refractivity (Wildman–Crippen MR) is 104 cm³/mol. The number of rotatable bonds is 2. The second kappa shape index (κ2) is 5.49. The van der Waals surface area contributed by atoms with E-state index in [4.69, 9.17) is 21.1 Å². The molecule has 2 nitrogen and oxygen atoms in total. The Bertz CT molecular complexity index is 1050. The van der Waals surface area contributed by atoms with Crippen LogP contribution in [-0.4, -0.2) is 14.2 Å². The van der Waals surface area contributed by atoms with Crippen molar-refractivity contribution in [3.8, 4) is 11.5 Å². The van der Waals surface area contributed by atoms with Crippen molar-refractivity contribution in [3.63, 3.8) is 0 Å². The van der Waals surface area contributed by atoms with Gasteiger partial charge in [-0.1, -0.05) is 35.9 Å². The van der Waals surface area contributed by atoms with Gasteiger partial charge in [0.2, 0.25) is 0 Å². The standard InChI is InChI=1S/C23H18ClFO2/c1-23-20-12(6-4-8-14(20)24)18(13-7-5-9-15(25)21(13)23)19-16(26-2)10-11-17(27-3)22(19)23/h4-11,18H,1-3H3. The lowest BCUT2D eigenvalue weighted by Gasteiger charge is -2.50. The lowest BCUT2D eigenvalue weighted by molar-refractivity contribution is 0.378. The summed E-state index contributed by atoms with van der Waals surface area (Å²) >= 11 is 6.69. The Morgan fingerprint density at radius 3 is 2.19 bits per heavy atom. The molecule has 0 N–H and O–H groups in total. The minimum atomic E-state index is -0.766. The summed E-state index contributed by atoms with van der Waals surface area (Å²) in [6.45, 7) is 2.04. The molecule has 0 heterocycles. The van der Waals surface area contributed by atoms with Gasteiger partial charge in [0.25, 0.3) is 0 Å². The van der Waals surface area contributed by atoms with Crippen LogP contribution in [0, 0.1) is 5.82 Å². The van der Waals surface area contributed by atoms with Gasteiger partial charge < -0.3 is 9.47 Å². The van der Waals surface area contributed by atoms with Gasteiger partial charge in [0.15, 0.2) is 0 Å². The number of hydrogen-bond donors (Lipinski definition) is 0. The number of hydrogen-bond acceptors (Lipinski definition) is 2. The van der Waals surface area contributed by atoms with E-state index in [1.54, 1.807) is 20.3 Å². The maximum Gasteiger partial charge on any atom is 0.127 e. The summed E-state index contributed by atoms with van der Waals surface area (Å²) in [6, 6.07) is 15.0. The molecular weight excluding hydrogens is 363 g/mol. The molecule has 27 heavy (non-hydrogen) atoms. The lowest BCUT2D eigenvalue weighted by Crippen LogP contribution is -2.41. The first kappa shape index (κ1) is 16.6. The summed E-state index contributed by atoms with van der Waals surface area (Å²) < 4.78 is 26.6. The van der Waals surface area contributed by atoms with Crippen LogP contribution in [0.15, 0.2) is 48.5 Å². The molecule has 2 unspecified atom stereocenters. The molecular formula is C23H18ClFO2. The highest BCUT2D eigenvalue weighted by Gasteiger charge is 2.54. The van der Waals surface area contributed by atoms with E-state index in [0.717, 1.165) is 39.3 Å². The third-order valence-corrected chi connectivity index (χ3v) is 6.42. The van der Waals surface area contributed by atoms with Gasteiger partial charge in [-0.2, -0.15) is 0 Å². The van der Waals surface area contributed by atoms with E-state index in [0.29, 0.717) is 10.6 Å². The molecule has 0 saturated heterocycles. The van der Waals surface area contributed by atoms with Crippen LogP contribution in [-0.2, 0) is 5.41 Å². The lowest BCUT2D eigenvalue weighted by atomic mass is 9.53. The molecule has 6 rings (SSSR count). The van der Waals surface area contributed by atoms with Crippen LogP contribution in [0.2, 0.25) is 5.02 Å². The van der Waals surface area contributed by atoms with Crippen LogP contribution in [0.5, 0.6) is 11.5 Å². The number of halogens is 2. The summed E-state index contributed by atoms with van der Waals surface area (Å²) in [6.07, 6.45) is 0. The maximum absolute atomic E-state index is 15.2. The summed E-state index contributed by atoms with van der Waals surface area (Å²) in [7, 11) is 3.31. The molecule has 2 bridgehead atoms. The van der Waals surface area contributed by atoms with Crippen molar-refractivity contribution in [2.45, 2.75) is 18.3 Å². The second-order valence-corrected chi connectivity index (χ2v) is 7.63. The first-order chi connectivity index (χ1) is 13.0. The summed E-state index contributed by atoms with van der Waals surface area (Å²) in [5.41, 5.74) is 4.90. The zero-order chi connectivity index (χ0) is 18.9. The molecule has 2 atom stereocenters. The van der Waals surface area contributed by atoms with E-state index in [-0.39, 0.29) is 11.7 Å². The average molecular weight is 381 g/mol. The zero-order valence-corrected chi connectivity index (χ0v) is 16.0. The Hall–Kier alpha value is -2.52. The van der Waals surface area contributed by atoms with Crippen molar-refractivity contribution in [2.75, 3.05) is 14.2 Å². The van der Waals surface area contributed by atoms with Crippen LogP contribution in [0.25, 0.3) is 0 Å². The summed E-state index contributed by atoms with van der Waals surface area (Å²) in [5, 5.41) is 0.643. The summed E-state index contributed by atoms with van der Waals surface area (Å²) in [4.78, 5) is 0. The predicted octanol–water partition coefficient (Wildman–Crippen LogP) is 5.66. The van der Waals surface area contributed by atoms with Crippen LogP contribution in [0.4, 0.5) is 4.39 Å². The molecule has 0 aliphatic heterocycles. The smallest absolute Gasteiger partial charge is 0.127 e. The normalized spacial score (nSPS) is 21.3. The minimum absolute atomic E-state index is 0.147. The van der Waals surface area contributed by atoms with Crippen molar-refractivity contribution in [1.29, 1.82) is 0 Å². The number of methoxy groups -OCH3 is 2. The molecule has 4 heteroatoms. The Morgan fingerprint density at radius 1 is 0.852 bits per heavy atom. The highest BCUT2D eigenvalue weighted by molar-refractivity contribution is 6.31. The van der Waals surface area contributed by atoms with Gasteiger partial charge in [-0.15, -0.1) is 0 Å². The van der Waals surface area contributed by atoms with Gasteiger partial charge in [0.1, 0.15) is 17.3 Å². The Labute approximate surface area is 162 Å². The zero-order valence-electron chi connectivity index (χ0n) is 15.3. The van der Waals surface area contributed by atoms with E-state index in [9.17, 15) is 0 Å². The van der Waals surface area contributed by atoms with Gasteiger partial charge in [-0.25, -0.2) is 4.39 Å². The molecule has 0 spiro atoms. The number of benzene rings is 3. The Morgan fingerprint density at radius 2 is 1.48 bits per heavy atom. The van der Waals surface area contributed by atoms with Gasteiger partial charge in [0.05, 0.1) is 19.6 Å². The fraction of sp³-hybridized carbons (Fsp3) is 0.217. The highest BCUT2D eigenvalue weighted by atomic mass is 35.5. The van der Waals surface area contributed by atoms with Gasteiger partial charge in [-0.05, 0) is 47.9 Å². The van der Waals surface area contributed by atoms with E-state index in [2.05, 4.69) is 6.07 Å². The molecule has 3 aromatic rings. The van der Waals surface area contributed by atoms with Crippen molar-refractivity contribution < 1.29 is 13.9 Å². The van der Waals surface area contributed by atoms with Gasteiger partial charge in [-0.3, -0.25) is 0 Å². The van der Waals surface area contributed by atoms with E-state index >= 15 is 4.39 Å². The van der Waals surface area contributed by atoms with Crippen molar-refractivity contribution >= 4 is 11.6 Å². The molecule has 0 amide bonds. The fourth-order valence-electron chi connectivity index (χ4n) is 5.20. The van der Waals surface area contributed by atoms with E-state index in [1.165, 1.54) is 6.07 Å². The van der Waals surface area contributed by atoms with Crippen LogP contribution < -0.4 is 9.47 Å². The van der Waals surface area contributed by atoms with Gasteiger partial charge in [0, 0.05) is 27.6 Å². The largest absolute Gasteiger partial charge is 0.496 e. The number of ether oxygens (including phenoxy) is 2. The minimum Gasteiger partial charge on any atom is -0.496 e. The SMILES string of the molecule is COc1ccc(OC)c2c1C1c3cccc(F)c3C2(C)c2c(Cl)cccc21. The molecule has 3 aliphatic carbocycles. The summed E-state index contributed by atoms with van der Waals surface area (Å²) in [5.74, 6) is 1.13. The molecule has 0 aromatic heterocycles. The molecule has 3 aliphatic rings. The van der Waals surface area contributed by atoms with Crippen molar-refractivity contribution in [2.24, 2.45) is 0 Å². The first-order valence-electron chi connectivity index (χ1n) is 8.87. The quantitative estimate of drug-likeness (QED) is 0.571. The monoisotopic (exact) mass is 380 g/mol. The topological polar surface area (TPSA) is 18.5 Å². The second-order valence-electron chi connectivity index (χ2n) is 7.22. The molecule has 3 aromatic carbocycles. The molecule has 0 saturated carbocycles. The van der Waals surface area contributed by atoms with E-state index in [1.807, 2.05) is 37.3 Å². The van der Waals surface area contributed by atoms with Crippen LogP contribution in [0.3, 0.4) is 0 Å². The molecule has 136 valence electrons. The van der Waals surface area contributed by atoms with Crippen molar-refractivity contribution in [3.05, 3.63) is 92.8 Å². The van der Waals surface area contributed by atoms with Gasteiger partial charge >= 0.3 is 0 Å². The Kier molecular flexibility index (Phi) is 3.38. The third kappa shape index (κ3) is 1.85. The average Bonchev–Trinajstić information content (AvgIpc) is 2.67. The molecule has 0 fully saturated rings. The Balaban J connectivity index is 2.03. The highest BCUT2D eigenvalue weighted by Crippen LogP contribution is 2.64. The van der Waals surface area contributed by atoms with Crippen LogP contribution >= 0.6 is 11.6 Å².